The molecule has 0 aromatic rings. The number of nitrogens with one attached hydrogen (secondary N) is 1. The molecule has 2 amide bonds. The van der Waals surface area contributed by atoms with E-state index in [1.807, 2.05) is 28.7 Å². The van der Waals surface area contributed by atoms with Crippen LogP contribution >= 0.6 is 0 Å². The molecule has 2 aliphatic rings. The van der Waals surface area contributed by atoms with Gasteiger partial charge in [-0.25, -0.2) is 0 Å². The fraction of sp³-hybridized carbons (Fsp3) is 0.857. The van der Waals surface area contributed by atoms with Gasteiger partial charge >= 0.3 is 0 Å². The predicted octanol–water partition coefficient (Wildman–Crippen LogP) is -1.40. The first kappa shape index (κ1) is 16.2. The molecule has 2 aliphatic heterocycles. The maximum atomic E-state index is 12.4. The molecule has 0 aromatic heterocycles. The third-order valence-corrected chi connectivity index (χ3v) is 4.20. The van der Waals surface area contributed by atoms with Gasteiger partial charge in [-0.1, -0.05) is 0 Å². The summed E-state index contributed by atoms with van der Waals surface area (Å²) < 4.78 is 5.26. The van der Waals surface area contributed by atoms with E-state index in [0.717, 1.165) is 26.2 Å². The van der Waals surface area contributed by atoms with Crippen LogP contribution in [0.25, 0.3) is 0 Å². The molecule has 0 bridgehead atoms. The zero-order chi connectivity index (χ0) is 15.2. The summed E-state index contributed by atoms with van der Waals surface area (Å²) in [5.74, 6) is 0.175. The van der Waals surface area contributed by atoms with E-state index in [1.165, 1.54) is 0 Å². The Hall–Kier alpha value is -1.18. The normalized spacial score (nSPS) is 21.5. The summed E-state index contributed by atoms with van der Waals surface area (Å²) in [5, 5.41) is 3.23. The fourth-order valence-electron chi connectivity index (χ4n) is 2.60. The number of nitrogens with zero attached hydrogens (tertiary/aromatic N) is 3. The number of piperazine rings is 1. The van der Waals surface area contributed by atoms with Crippen molar-refractivity contribution in [3.8, 4) is 0 Å². The summed E-state index contributed by atoms with van der Waals surface area (Å²) in [6.07, 6.45) is 0. The largest absolute Gasteiger partial charge is 0.378 e. The molecule has 0 saturated carbocycles. The van der Waals surface area contributed by atoms with Crippen LogP contribution < -0.4 is 5.32 Å². The lowest BCUT2D eigenvalue weighted by molar-refractivity contribution is -0.141. The van der Waals surface area contributed by atoms with Crippen molar-refractivity contribution >= 4 is 11.8 Å². The molecular formula is C14H26N4O3. The van der Waals surface area contributed by atoms with Gasteiger partial charge in [0.2, 0.25) is 11.8 Å². The average molecular weight is 298 g/mol. The molecule has 7 nitrogen and oxygen atoms in total. The van der Waals surface area contributed by atoms with Crippen molar-refractivity contribution in [1.82, 2.24) is 20.0 Å². The van der Waals surface area contributed by atoms with Crippen molar-refractivity contribution in [2.75, 3.05) is 66.1 Å². The van der Waals surface area contributed by atoms with Gasteiger partial charge in [-0.2, -0.15) is 0 Å². The molecule has 2 saturated heterocycles. The van der Waals surface area contributed by atoms with E-state index in [9.17, 15) is 9.59 Å². The minimum Gasteiger partial charge on any atom is -0.378 e. The van der Waals surface area contributed by atoms with E-state index in [-0.39, 0.29) is 24.4 Å². The Balaban J connectivity index is 1.81. The van der Waals surface area contributed by atoms with Crippen LogP contribution in [-0.4, -0.2) is 98.6 Å². The van der Waals surface area contributed by atoms with Crippen LogP contribution in [0.1, 0.15) is 6.92 Å². The third-order valence-electron chi connectivity index (χ3n) is 4.20. The number of carbonyl (C=O) groups excluding carboxylic acids is 2. The Labute approximate surface area is 126 Å². The van der Waals surface area contributed by atoms with Crippen LogP contribution in [0.3, 0.4) is 0 Å². The van der Waals surface area contributed by atoms with E-state index in [0.29, 0.717) is 26.3 Å². The molecular weight excluding hydrogens is 272 g/mol. The highest BCUT2D eigenvalue weighted by Gasteiger charge is 2.27. The van der Waals surface area contributed by atoms with Crippen molar-refractivity contribution in [3.63, 3.8) is 0 Å². The van der Waals surface area contributed by atoms with E-state index in [2.05, 4.69) is 5.32 Å². The summed E-state index contributed by atoms with van der Waals surface area (Å²) >= 11 is 0. The van der Waals surface area contributed by atoms with Crippen molar-refractivity contribution in [2.45, 2.75) is 13.0 Å². The minimum atomic E-state index is -0.282. The molecule has 0 radical (unpaired) electrons. The highest BCUT2D eigenvalue weighted by Crippen LogP contribution is 2.06. The van der Waals surface area contributed by atoms with E-state index >= 15 is 0 Å². The van der Waals surface area contributed by atoms with Gasteiger partial charge in [-0.3, -0.25) is 14.5 Å². The first-order valence-electron chi connectivity index (χ1n) is 7.65. The standard InChI is InChI=1S/C14H26N4O3/c1-12(14(20)18-7-9-21-10-8-18)16(2)11-13(19)17-5-3-15-4-6-17/h12,15H,3-11H2,1-2H3. The lowest BCUT2D eigenvalue weighted by atomic mass is 10.2. The van der Waals surface area contributed by atoms with Gasteiger partial charge in [0, 0.05) is 39.3 Å². The topological polar surface area (TPSA) is 65.1 Å². The van der Waals surface area contributed by atoms with Crippen LogP contribution in [-0.2, 0) is 14.3 Å². The average Bonchev–Trinajstić information content (AvgIpc) is 2.55. The quantitative estimate of drug-likeness (QED) is 0.691. The van der Waals surface area contributed by atoms with E-state index < -0.39 is 0 Å². The summed E-state index contributed by atoms with van der Waals surface area (Å²) in [6.45, 7) is 7.82. The zero-order valence-electron chi connectivity index (χ0n) is 13.0. The third kappa shape index (κ3) is 4.39. The number of rotatable bonds is 4. The van der Waals surface area contributed by atoms with Crippen molar-refractivity contribution in [2.24, 2.45) is 0 Å². The summed E-state index contributed by atoms with van der Waals surface area (Å²) in [5.41, 5.74) is 0. The maximum Gasteiger partial charge on any atom is 0.239 e. The SMILES string of the molecule is CC(C(=O)N1CCOCC1)N(C)CC(=O)N1CCNCC1. The number of hydrogen-bond acceptors (Lipinski definition) is 5. The molecule has 2 heterocycles. The molecule has 0 aromatic carbocycles. The predicted molar refractivity (Wildman–Crippen MR) is 78.9 cm³/mol. The molecule has 1 N–H and O–H groups in total. The molecule has 21 heavy (non-hydrogen) atoms. The lowest BCUT2D eigenvalue weighted by Gasteiger charge is -2.34. The smallest absolute Gasteiger partial charge is 0.239 e. The maximum absolute atomic E-state index is 12.4. The Morgan fingerprint density at radius 1 is 1.14 bits per heavy atom. The number of hydrogen-bond donors (Lipinski definition) is 1. The molecule has 1 atom stereocenters. The summed E-state index contributed by atoms with van der Waals surface area (Å²) in [4.78, 5) is 30.1. The van der Waals surface area contributed by atoms with Gasteiger partial charge in [-0.05, 0) is 14.0 Å². The zero-order valence-corrected chi connectivity index (χ0v) is 13.0. The Morgan fingerprint density at radius 2 is 1.76 bits per heavy atom. The van der Waals surface area contributed by atoms with Crippen LogP contribution in [0.5, 0.6) is 0 Å². The van der Waals surface area contributed by atoms with E-state index in [4.69, 9.17) is 4.74 Å². The van der Waals surface area contributed by atoms with Gasteiger partial charge < -0.3 is 19.9 Å². The second-order valence-corrected chi connectivity index (χ2v) is 5.66. The van der Waals surface area contributed by atoms with Crippen molar-refractivity contribution in [1.29, 1.82) is 0 Å². The van der Waals surface area contributed by atoms with Crippen LogP contribution in [0.4, 0.5) is 0 Å². The fourth-order valence-corrected chi connectivity index (χ4v) is 2.60. The molecule has 2 rings (SSSR count). The monoisotopic (exact) mass is 298 g/mol. The van der Waals surface area contributed by atoms with Crippen molar-refractivity contribution in [3.05, 3.63) is 0 Å². The second-order valence-electron chi connectivity index (χ2n) is 5.66. The second kappa shape index (κ2) is 7.72. The van der Waals surface area contributed by atoms with Crippen LogP contribution in [0.15, 0.2) is 0 Å². The molecule has 2 fully saturated rings. The van der Waals surface area contributed by atoms with Crippen LogP contribution in [0.2, 0.25) is 0 Å². The molecule has 0 spiro atoms. The Morgan fingerprint density at radius 3 is 2.38 bits per heavy atom. The molecule has 120 valence electrons. The van der Waals surface area contributed by atoms with Crippen LogP contribution in [0, 0.1) is 0 Å². The first-order chi connectivity index (χ1) is 10.1. The van der Waals surface area contributed by atoms with Gasteiger partial charge in [0.1, 0.15) is 0 Å². The Kier molecular flexibility index (Phi) is 5.96. The number of carbonyl (C=O) groups is 2. The van der Waals surface area contributed by atoms with Crippen molar-refractivity contribution < 1.29 is 14.3 Å². The highest BCUT2D eigenvalue weighted by atomic mass is 16.5. The van der Waals surface area contributed by atoms with E-state index in [1.54, 1.807) is 0 Å². The first-order valence-corrected chi connectivity index (χ1v) is 7.65. The minimum absolute atomic E-state index is 0.0777. The molecule has 0 aliphatic carbocycles. The number of morpholine rings is 1. The summed E-state index contributed by atoms with van der Waals surface area (Å²) in [7, 11) is 1.84. The highest BCUT2D eigenvalue weighted by molar-refractivity contribution is 5.83. The Bertz CT molecular complexity index is 365. The number of ether oxygens (including phenoxy) is 1. The van der Waals surface area contributed by atoms with Gasteiger partial charge in [0.05, 0.1) is 25.8 Å². The lowest BCUT2D eigenvalue weighted by Crippen LogP contribution is -2.53. The van der Waals surface area contributed by atoms with Gasteiger partial charge in [-0.15, -0.1) is 0 Å². The number of likely N-dealkylation sites (N-methyl/N-ethyl adjacent to an activating group) is 1. The van der Waals surface area contributed by atoms with Gasteiger partial charge in [0.15, 0.2) is 0 Å². The number of amides is 2. The molecule has 1 unspecified atom stereocenters. The van der Waals surface area contributed by atoms with Gasteiger partial charge in [0.25, 0.3) is 0 Å². The molecule has 7 heteroatoms. The summed E-state index contributed by atoms with van der Waals surface area (Å²) in [6, 6.07) is -0.282.